The molecule has 0 aliphatic carbocycles. The number of sulfonamides is 1. The first-order valence-electron chi connectivity index (χ1n) is 8.59. The number of benzene rings is 2. The second kappa shape index (κ2) is 26.8. The third-order valence-corrected chi connectivity index (χ3v) is 4.40. The monoisotopic (exact) mass is 1060 g/mol. The summed E-state index contributed by atoms with van der Waals surface area (Å²) < 4.78 is 43.2. The van der Waals surface area contributed by atoms with Gasteiger partial charge < -0.3 is 0 Å². The summed E-state index contributed by atoms with van der Waals surface area (Å²) in [5.74, 6) is 0. The van der Waals surface area contributed by atoms with Crippen LogP contribution in [0.2, 0.25) is 0 Å². The standard InChI is InChI=1S/C6H5ClO2S.C6H7NO2S.C2H4I2.2C2H6.I3/c2*7-10(8,9)6-4-2-1-3-5-6;1-2(3)4;2*1-2;1-3-2/h1-5H;1-5H,(H2,7,8,9);2H,1H3;2*1-2H3;/q;;;;;-1. The molecule has 0 saturated carbocycles. The van der Waals surface area contributed by atoms with E-state index in [0.29, 0.717) is 13.3 Å². The zero-order chi connectivity index (χ0) is 25.5. The van der Waals surface area contributed by atoms with E-state index in [0.717, 1.165) is 1.93 Å². The van der Waals surface area contributed by atoms with Crippen LogP contribution in [0.15, 0.2) is 70.5 Å². The van der Waals surface area contributed by atoms with Gasteiger partial charge in [-0.1, -0.05) is 109 Å². The summed E-state index contributed by atoms with van der Waals surface area (Å²) in [7, 11) is -2.00. The fourth-order valence-corrected chi connectivity index (χ4v) is 2.52. The van der Waals surface area contributed by atoms with Crippen LogP contribution >= 0.6 is 93.1 Å². The predicted octanol–water partition coefficient (Wildman–Crippen LogP) is 4.98. The van der Waals surface area contributed by atoms with Crippen LogP contribution in [0.4, 0.5) is 0 Å². The van der Waals surface area contributed by atoms with Gasteiger partial charge in [-0.3, -0.25) is 0 Å². The Hall–Kier alpha value is 2.24. The molecular weight excluding hydrogens is 1030 g/mol. The van der Waals surface area contributed by atoms with E-state index in [9.17, 15) is 16.8 Å². The largest absolute Gasteiger partial charge is 0.261 e. The van der Waals surface area contributed by atoms with Crippen molar-refractivity contribution in [3.8, 4) is 0 Å². The molecule has 0 aliphatic heterocycles. The fourth-order valence-electron chi connectivity index (χ4n) is 1.19. The summed E-state index contributed by atoms with van der Waals surface area (Å²) in [6, 6.07) is 15.7. The molecule has 13 heteroatoms. The smallest absolute Gasteiger partial charge is 0.225 e. The molecule has 2 aromatic rings. The van der Waals surface area contributed by atoms with Gasteiger partial charge in [0.25, 0.3) is 9.05 Å². The molecule has 0 aromatic heterocycles. The minimum atomic E-state index is -3.53. The van der Waals surface area contributed by atoms with E-state index < -0.39 is 19.1 Å². The number of alkyl halides is 2. The Bertz CT molecular complexity index is 756. The molecule has 31 heavy (non-hydrogen) atoms. The van der Waals surface area contributed by atoms with Crippen molar-refractivity contribution in [3.63, 3.8) is 0 Å². The van der Waals surface area contributed by atoms with Crippen molar-refractivity contribution in [1.29, 1.82) is 0 Å². The van der Waals surface area contributed by atoms with Gasteiger partial charge in [-0.2, -0.15) is 0 Å². The van der Waals surface area contributed by atoms with Crippen LogP contribution < -0.4 is 18.4 Å². The van der Waals surface area contributed by atoms with Gasteiger partial charge in [0.15, 0.2) is 0 Å². The second-order valence-electron chi connectivity index (χ2n) is 4.18. The number of primary sulfonamides is 1. The molecule has 0 saturated heterocycles. The van der Waals surface area contributed by atoms with Gasteiger partial charge in [-0.25, -0.2) is 22.0 Å². The summed E-state index contributed by atoms with van der Waals surface area (Å²) >= 11 is 9.96. The van der Waals surface area contributed by atoms with Crippen LogP contribution in [0, 0.1) is 0 Å². The Morgan fingerprint density at radius 2 is 1.00 bits per heavy atom. The first kappa shape index (κ1) is 40.4. The van der Waals surface area contributed by atoms with Crippen molar-refractivity contribution >= 4 is 112 Å². The Kier molecular flexibility index (Phi) is 35.0. The van der Waals surface area contributed by atoms with E-state index in [-0.39, 0.29) is 9.79 Å². The van der Waals surface area contributed by atoms with E-state index in [4.69, 9.17) is 15.8 Å². The Labute approximate surface area is 250 Å². The van der Waals surface area contributed by atoms with Crippen LogP contribution in [0.1, 0.15) is 34.6 Å². The Balaban J connectivity index is -0.000000163. The first-order chi connectivity index (χ1) is 14.4. The molecule has 0 fully saturated rings. The van der Waals surface area contributed by atoms with Crippen molar-refractivity contribution in [2.75, 3.05) is 0 Å². The summed E-state index contributed by atoms with van der Waals surface area (Å²) in [5, 5.41) is 4.83. The molecule has 0 unspecified atom stereocenters. The number of nitrogens with two attached hydrogens (primary N) is 1. The minimum Gasteiger partial charge on any atom is -0.225 e. The maximum absolute atomic E-state index is 10.6. The maximum atomic E-state index is 10.6. The van der Waals surface area contributed by atoms with Crippen LogP contribution in [-0.2, 0) is 19.1 Å². The quantitative estimate of drug-likeness (QED) is 0.261. The average molecular weight is 1060 g/mol. The topological polar surface area (TPSA) is 94.3 Å². The van der Waals surface area contributed by atoms with Gasteiger partial charge >= 0.3 is 50.5 Å². The zero-order valence-corrected chi connectivity index (χ0v) is 30.8. The minimum absolute atomic E-state index is 0.136. The Morgan fingerprint density at radius 1 is 0.774 bits per heavy atom. The molecule has 0 spiro atoms. The number of hydrogen-bond donors (Lipinski definition) is 1. The number of hydrogen-bond acceptors (Lipinski definition) is 4. The van der Waals surface area contributed by atoms with Gasteiger partial charge in [-0.05, 0) is 31.2 Å². The average Bonchev–Trinajstić information content (AvgIpc) is 2.72. The normalized spacial score (nSPS) is 9.55. The van der Waals surface area contributed by atoms with Gasteiger partial charge in [0.1, 0.15) is 0 Å². The third-order valence-electron chi connectivity index (χ3n) is 2.10. The van der Waals surface area contributed by atoms with Crippen molar-refractivity contribution in [2.45, 2.75) is 46.3 Å². The second-order valence-corrected chi connectivity index (χ2v) is 30.7. The predicted molar refractivity (Wildman–Crippen MR) is 166 cm³/mol. The van der Waals surface area contributed by atoms with Crippen molar-refractivity contribution in [1.82, 2.24) is 0 Å². The van der Waals surface area contributed by atoms with Gasteiger partial charge in [-0.15, -0.1) is 0 Å². The molecule has 5 nitrogen and oxygen atoms in total. The maximum Gasteiger partial charge on any atom is 0.261 e. The molecule has 0 radical (unpaired) electrons. The SMILES string of the molecule is CC.CC.CC(I)I.I[I-]I.NS(=O)(=O)c1ccccc1.O=S(=O)(Cl)c1ccccc1. The van der Waals surface area contributed by atoms with Gasteiger partial charge in [0, 0.05) is 10.7 Å². The molecule has 184 valence electrons. The molecule has 2 N–H and O–H groups in total. The van der Waals surface area contributed by atoms with Crippen LogP contribution in [0.3, 0.4) is 0 Å². The summed E-state index contributed by atoms with van der Waals surface area (Å²) in [6.07, 6.45) is 0. The summed E-state index contributed by atoms with van der Waals surface area (Å²) in [4.78, 5) is 0.284. The Morgan fingerprint density at radius 3 is 1.13 bits per heavy atom. The molecule has 2 rings (SSSR count). The van der Waals surface area contributed by atoms with E-state index in [2.05, 4.69) is 89.3 Å². The molecular formula is C18H28ClI5NO4S2-. The molecule has 0 heterocycles. The molecule has 0 amide bonds. The van der Waals surface area contributed by atoms with Gasteiger partial charge in [0.05, 0.1) is 11.7 Å². The van der Waals surface area contributed by atoms with Crippen molar-refractivity contribution < 1.29 is 30.1 Å². The number of rotatable bonds is 2. The van der Waals surface area contributed by atoms with Crippen LogP contribution in [0.25, 0.3) is 0 Å². The molecule has 0 aliphatic rings. The van der Waals surface area contributed by atoms with E-state index in [1.807, 2.05) is 27.7 Å². The van der Waals surface area contributed by atoms with Crippen LogP contribution in [-0.4, -0.2) is 18.8 Å². The van der Waals surface area contributed by atoms with E-state index in [1.165, 1.54) is 24.3 Å². The molecule has 2 aromatic carbocycles. The number of halogens is 6. The third kappa shape index (κ3) is 32.2. The zero-order valence-electron chi connectivity index (χ0n) is 17.6. The van der Waals surface area contributed by atoms with E-state index in [1.54, 1.807) is 36.4 Å². The molecule has 0 bridgehead atoms. The molecule has 0 atom stereocenters. The van der Waals surface area contributed by atoms with Crippen LogP contribution in [0.5, 0.6) is 0 Å². The van der Waals surface area contributed by atoms with E-state index >= 15 is 0 Å². The van der Waals surface area contributed by atoms with Crippen molar-refractivity contribution in [2.24, 2.45) is 5.14 Å². The summed E-state index contributed by atoms with van der Waals surface area (Å²) in [5.41, 5.74) is 0. The van der Waals surface area contributed by atoms with Crippen molar-refractivity contribution in [3.05, 3.63) is 60.7 Å². The fraction of sp³-hybridized carbons (Fsp3) is 0.333. The summed E-state index contributed by atoms with van der Waals surface area (Å²) in [6.45, 7) is 10.1. The van der Waals surface area contributed by atoms with Gasteiger partial charge in [0.2, 0.25) is 10.0 Å². The first-order valence-corrected chi connectivity index (χ1v) is 27.5.